The second-order valence-electron chi connectivity index (χ2n) is 6.37. The Bertz CT molecular complexity index is 591. The number of nitrogens with one attached hydrogen (secondary N) is 1. The lowest BCUT2D eigenvalue weighted by molar-refractivity contribution is 0.252. The van der Waals surface area contributed by atoms with Gasteiger partial charge in [-0.1, -0.05) is 39.5 Å². The summed E-state index contributed by atoms with van der Waals surface area (Å²) in [7, 11) is -3.80. The van der Waals surface area contributed by atoms with Crippen LogP contribution in [-0.2, 0) is 10.0 Å². The zero-order valence-corrected chi connectivity index (χ0v) is 13.9. The van der Waals surface area contributed by atoms with E-state index in [-0.39, 0.29) is 16.5 Å². The van der Waals surface area contributed by atoms with Gasteiger partial charge in [-0.3, -0.25) is 0 Å². The first-order chi connectivity index (χ1) is 9.11. The van der Waals surface area contributed by atoms with E-state index in [0.29, 0.717) is 11.0 Å². The van der Waals surface area contributed by atoms with E-state index in [9.17, 15) is 8.42 Å². The van der Waals surface area contributed by atoms with Gasteiger partial charge >= 0.3 is 0 Å². The van der Waals surface area contributed by atoms with E-state index in [2.05, 4.69) is 33.0 Å². The topological polar surface area (TPSA) is 85.3 Å². The van der Waals surface area contributed by atoms with Crippen molar-refractivity contribution in [2.24, 2.45) is 16.5 Å². The SMILES string of the molecule is CC(C)CNC1c2cc(S(N)(=O)=O)oc2SCC1(C)C. The minimum absolute atomic E-state index is 0.0199. The number of thioether (sulfide) groups is 1. The highest BCUT2D eigenvalue weighted by atomic mass is 32.2. The van der Waals surface area contributed by atoms with Crippen molar-refractivity contribution >= 4 is 21.8 Å². The Balaban J connectivity index is 2.38. The summed E-state index contributed by atoms with van der Waals surface area (Å²) in [6.45, 7) is 9.50. The van der Waals surface area contributed by atoms with Crippen LogP contribution in [0, 0.1) is 11.3 Å². The minimum Gasteiger partial charge on any atom is -0.437 e. The molecule has 2 rings (SSSR count). The lowest BCUT2D eigenvalue weighted by atomic mass is 9.82. The molecule has 0 aliphatic carbocycles. The van der Waals surface area contributed by atoms with Crippen LogP contribution in [0.3, 0.4) is 0 Å². The van der Waals surface area contributed by atoms with Crippen molar-refractivity contribution in [2.75, 3.05) is 12.3 Å². The predicted molar refractivity (Wildman–Crippen MR) is 80.2 cm³/mol. The van der Waals surface area contributed by atoms with Gasteiger partial charge in [-0.15, -0.1) is 0 Å². The number of rotatable bonds is 4. The summed E-state index contributed by atoms with van der Waals surface area (Å²) in [6, 6.07) is 1.64. The van der Waals surface area contributed by atoms with E-state index in [1.165, 1.54) is 0 Å². The van der Waals surface area contributed by atoms with E-state index in [1.54, 1.807) is 17.8 Å². The smallest absolute Gasteiger partial charge is 0.271 e. The zero-order chi connectivity index (χ0) is 15.1. The molecular formula is C13H22N2O3S2. The van der Waals surface area contributed by atoms with Crippen molar-refractivity contribution in [1.29, 1.82) is 0 Å². The van der Waals surface area contributed by atoms with Gasteiger partial charge in [-0.2, -0.15) is 0 Å². The first-order valence-corrected chi connectivity index (χ1v) is 9.17. The Morgan fingerprint density at radius 3 is 2.75 bits per heavy atom. The molecule has 0 aromatic carbocycles. The van der Waals surface area contributed by atoms with Crippen LogP contribution >= 0.6 is 11.8 Å². The van der Waals surface area contributed by atoms with Crippen molar-refractivity contribution in [1.82, 2.24) is 5.32 Å². The van der Waals surface area contributed by atoms with E-state index in [4.69, 9.17) is 9.56 Å². The van der Waals surface area contributed by atoms with Crippen molar-refractivity contribution in [2.45, 2.75) is 43.9 Å². The standard InChI is InChI=1S/C13H22N2O3S2/c1-8(2)6-15-11-9-5-10(20(14,16)17)18-12(9)19-7-13(11,3)4/h5,8,11,15H,6-7H2,1-4H3,(H2,14,16,17). The molecule has 0 fully saturated rings. The number of sulfonamides is 1. The molecule has 1 atom stereocenters. The molecule has 0 saturated carbocycles. The molecule has 0 radical (unpaired) electrons. The molecule has 1 aromatic rings. The molecule has 2 heterocycles. The maximum Gasteiger partial charge on any atom is 0.271 e. The molecule has 5 nitrogen and oxygen atoms in total. The normalized spacial score (nSPS) is 22.0. The summed E-state index contributed by atoms with van der Waals surface area (Å²) in [6.07, 6.45) is 0. The van der Waals surface area contributed by atoms with Crippen LogP contribution in [0.4, 0.5) is 0 Å². The second-order valence-corrected chi connectivity index (χ2v) is 8.81. The summed E-state index contributed by atoms with van der Waals surface area (Å²) in [5.41, 5.74) is 0.919. The lowest BCUT2D eigenvalue weighted by Gasteiger charge is -2.38. The van der Waals surface area contributed by atoms with Gasteiger partial charge < -0.3 is 9.73 Å². The van der Waals surface area contributed by atoms with Gasteiger partial charge in [0.15, 0.2) is 5.09 Å². The van der Waals surface area contributed by atoms with Crippen molar-refractivity contribution < 1.29 is 12.8 Å². The summed E-state index contributed by atoms with van der Waals surface area (Å²) in [5.74, 6) is 1.39. The lowest BCUT2D eigenvalue weighted by Crippen LogP contribution is -2.39. The molecule has 3 N–H and O–H groups in total. The van der Waals surface area contributed by atoms with Crippen LogP contribution < -0.4 is 10.5 Å². The van der Waals surface area contributed by atoms with Crippen molar-refractivity contribution in [3.8, 4) is 0 Å². The molecule has 0 spiro atoms. The highest BCUT2D eigenvalue weighted by Crippen LogP contribution is 2.48. The average molecular weight is 318 g/mol. The minimum atomic E-state index is -3.80. The Morgan fingerprint density at radius 1 is 1.55 bits per heavy atom. The molecule has 1 aliphatic heterocycles. The first-order valence-electron chi connectivity index (χ1n) is 6.64. The fourth-order valence-corrected chi connectivity index (χ4v) is 4.02. The Morgan fingerprint density at radius 2 is 2.20 bits per heavy atom. The Labute approximate surface area is 124 Å². The molecular weight excluding hydrogens is 296 g/mol. The Kier molecular flexibility index (Phi) is 4.26. The van der Waals surface area contributed by atoms with Crippen molar-refractivity contribution in [3.63, 3.8) is 0 Å². The maximum absolute atomic E-state index is 11.4. The number of primary sulfonamides is 1. The monoisotopic (exact) mass is 318 g/mol. The number of nitrogens with two attached hydrogens (primary N) is 1. The molecule has 0 saturated heterocycles. The van der Waals surface area contributed by atoms with Gasteiger partial charge in [-0.05, 0) is 17.9 Å². The van der Waals surface area contributed by atoms with Crippen molar-refractivity contribution in [3.05, 3.63) is 11.6 Å². The van der Waals surface area contributed by atoms with Gasteiger partial charge in [0.25, 0.3) is 10.0 Å². The molecule has 1 unspecified atom stereocenters. The molecule has 0 amide bonds. The molecule has 114 valence electrons. The average Bonchev–Trinajstić information content (AvgIpc) is 2.70. The van der Waals surface area contributed by atoms with E-state index >= 15 is 0 Å². The highest BCUT2D eigenvalue weighted by Gasteiger charge is 2.39. The quantitative estimate of drug-likeness (QED) is 0.890. The van der Waals surface area contributed by atoms with Gasteiger partial charge in [0.05, 0.1) is 0 Å². The first kappa shape index (κ1) is 15.9. The molecule has 20 heavy (non-hydrogen) atoms. The molecule has 1 aromatic heterocycles. The third-order valence-electron chi connectivity index (χ3n) is 3.38. The van der Waals surface area contributed by atoms with Gasteiger partial charge in [-0.25, -0.2) is 13.6 Å². The summed E-state index contributed by atoms with van der Waals surface area (Å²) >= 11 is 1.54. The summed E-state index contributed by atoms with van der Waals surface area (Å²) in [5, 5.41) is 9.19. The zero-order valence-electron chi connectivity index (χ0n) is 12.3. The van der Waals surface area contributed by atoms with Gasteiger partial charge in [0.2, 0.25) is 5.09 Å². The molecule has 0 bridgehead atoms. The van der Waals surface area contributed by atoms with Crippen LogP contribution in [-0.4, -0.2) is 20.7 Å². The van der Waals surface area contributed by atoms with E-state index in [1.807, 2.05) is 0 Å². The largest absolute Gasteiger partial charge is 0.437 e. The fourth-order valence-electron chi connectivity index (χ4n) is 2.32. The third-order valence-corrected chi connectivity index (χ3v) is 5.61. The third kappa shape index (κ3) is 3.21. The van der Waals surface area contributed by atoms with Crippen LogP contribution in [0.5, 0.6) is 0 Å². The van der Waals surface area contributed by atoms with E-state index in [0.717, 1.165) is 17.9 Å². The Hall–Kier alpha value is -0.500. The molecule has 1 aliphatic rings. The predicted octanol–water partition coefficient (Wildman–Crippen LogP) is 2.35. The fraction of sp³-hybridized carbons (Fsp3) is 0.692. The van der Waals surface area contributed by atoms with E-state index < -0.39 is 10.0 Å². The van der Waals surface area contributed by atoms with Crippen LogP contribution in [0.15, 0.2) is 20.7 Å². The highest BCUT2D eigenvalue weighted by molar-refractivity contribution is 7.99. The van der Waals surface area contributed by atoms with Crippen LogP contribution in [0.25, 0.3) is 0 Å². The molecule has 7 heteroatoms. The number of furan rings is 1. The van der Waals surface area contributed by atoms with Gasteiger partial charge in [0, 0.05) is 23.4 Å². The maximum atomic E-state index is 11.4. The number of fused-ring (bicyclic) bond motifs is 1. The number of hydrogen-bond donors (Lipinski definition) is 2. The van der Waals surface area contributed by atoms with Crippen LogP contribution in [0.1, 0.15) is 39.3 Å². The van der Waals surface area contributed by atoms with Gasteiger partial charge in [0.1, 0.15) is 0 Å². The second kappa shape index (κ2) is 5.36. The summed E-state index contributed by atoms with van der Waals surface area (Å²) < 4.78 is 28.3. The number of hydrogen-bond acceptors (Lipinski definition) is 5. The summed E-state index contributed by atoms with van der Waals surface area (Å²) in [4.78, 5) is 0. The van der Waals surface area contributed by atoms with Crippen LogP contribution in [0.2, 0.25) is 0 Å².